The van der Waals surface area contributed by atoms with Crippen molar-refractivity contribution in [2.75, 3.05) is 13.2 Å². The van der Waals surface area contributed by atoms with Crippen molar-refractivity contribution in [3.05, 3.63) is 70.8 Å². The van der Waals surface area contributed by atoms with Crippen molar-refractivity contribution in [2.45, 2.75) is 46.5 Å². The number of benzene rings is 2. The van der Waals surface area contributed by atoms with Crippen LogP contribution in [-0.2, 0) is 14.3 Å². The van der Waals surface area contributed by atoms with E-state index in [1.54, 1.807) is 24.3 Å². The Hall–Kier alpha value is -4.21. The monoisotopic (exact) mass is 504 g/mol. The summed E-state index contributed by atoms with van der Waals surface area (Å²) in [5, 5.41) is 24.5. The Balaban J connectivity index is 0.000000645. The molecule has 0 aliphatic carbocycles. The van der Waals surface area contributed by atoms with Gasteiger partial charge in [-0.1, -0.05) is 51.0 Å². The van der Waals surface area contributed by atoms with E-state index in [-0.39, 0.29) is 22.3 Å². The zero-order chi connectivity index (χ0) is 27.5. The van der Waals surface area contributed by atoms with Gasteiger partial charge >= 0.3 is 23.9 Å². The lowest BCUT2D eigenvalue weighted by Crippen LogP contribution is -2.14. The van der Waals surface area contributed by atoms with E-state index in [4.69, 9.17) is 29.6 Å². The number of carboxylic acid groups (broad SMARTS) is 3. The molecule has 0 radical (unpaired) electrons. The highest BCUT2D eigenvalue weighted by molar-refractivity contribution is 6.03. The molecule has 0 aromatic heterocycles. The zero-order valence-corrected chi connectivity index (χ0v) is 20.6. The lowest BCUT2D eigenvalue weighted by Gasteiger charge is -2.09. The summed E-state index contributed by atoms with van der Waals surface area (Å²) in [6, 6.07) is 12.1. The van der Waals surface area contributed by atoms with Crippen molar-refractivity contribution < 1.29 is 48.8 Å². The third kappa shape index (κ3) is 12.9. The highest BCUT2D eigenvalue weighted by Crippen LogP contribution is 2.13. The molecule has 0 fully saturated rings. The van der Waals surface area contributed by atoms with Gasteiger partial charge in [0.05, 0.1) is 35.5 Å². The summed E-state index contributed by atoms with van der Waals surface area (Å²) in [5.41, 5.74) is 0.158. The van der Waals surface area contributed by atoms with E-state index in [0.29, 0.717) is 13.2 Å². The van der Waals surface area contributed by atoms with Crippen molar-refractivity contribution in [1.82, 2.24) is 0 Å². The van der Waals surface area contributed by atoms with E-state index >= 15 is 0 Å². The molecule has 0 saturated heterocycles. The maximum Gasteiger partial charge on any atom is 0.339 e. The second kappa shape index (κ2) is 18.2. The number of rotatable bonds is 10. The number of aromatic carboxylic acids is 2. The highest BCUT2D eigenvalue weighted by atomic mass is 16.5. The van der Waals surface area contributed by atoms with Gasteiger partial charge in [-0.05, 0) is 37.1 Å². The van der Waals surface area contributed by atoms with E-state index < -0.39 is 29.8 Å². The molecule has 3 N–H and O–H groups in total. The van der Waals surface area contributed by atoms with Crippen LogP contribution in [0.3, 0.4) is 0 Å². The molecule has 2 aromatic carbocycles. The maximum absolute atomic E-state index is 11.9. The van der Waals surface area contributed by atoms with Gasteiger partial charge in [-0.15, -0.1) is 0 Å². The van der Waals surface area contributed by atoms with Crippen LogP contribution in [0, 0.1) is 0 Å². The molecule has 196 valence electrons. The smallest absolute Gasteiger partial charge is 0.339 e. The van der Waals surface area contributed by atoms with Crippen molar-refractivity contribution in [3.63, 3.8) is 0 Å². The van der Waals surface area contributed by atoms with Crippen molar-refractivity contribution in [2.24, 2.45) is 0 Å². The summed E-state index contributed by atoms with van der Waals surface area (Å²) < 4.78 is 10.3. The Kier molecular flexibility index (Phi) is 16.0. The minimum atomic E-state index is -1.23. The molecule has 0 heterocycles. The molecular formula is C26H32O10. The summed E-state index contributed by atoms with van der Waals surface area (Å²) in [6.07, 6.45) is 3.53. The van der Waals surface area contributed by atoms with Crippen LogP contribution in [0.25, 0.3) is 0 Å². The Morgan fingerprint density at radius 1 is 0.611 bits per heavy atom. The van der Waals surface area contributed by atoms with Gasteiger partial charge in [0, 0.05) is 6.92 Å². The summed E-state index contributed by atoms with van der Waals surface area (Å²) in [5.74, 6) is -4.23. The first kappa shape index (κ1) is 31.8. The zero-order valence-electron chi connectivity index (χ0n) is 20.6. The van der Waals surface area contributed by atoms with Gasteiger partial charge in [-0.2, -0.15) is 0 Å². The standard InChI is InChI=1S/C16H22O4.C8H6O4.C2H4O2/c1-3-5-11-19-15(17)13-9-7-8-10-14(13)16(18)20-12-6-4-2;9-7(10)5-3-1-2-4-6(5)8(11)12;1-2(3)4/h7-10H,3-6,11-12H2,1-2H3;1-4H,(H,9,10)(H,11,12);1H3,(H,3,4). The molecule has 0 unspecified atom stereocenters. The van der Waals surface area contributed by atoms with Crippen LogP contribution in [0.5, 0.6) is 0 Å². The number of hydrogen-bond donors (Lipinski definition) is 3. The van der Waals surface area contributed by atoms with Gasteiger partial charge in [-0.25, -0.2) is 19.2 Å². The molecule has 0 amide bonds. The largest absolute Gasteiger partial charge is 0.481 e. The fourth-order valence-electron chi connectivity index (χ4n) is 2.47. The quantitative estimate of drug-likeness (QED) is 0.303. The molecule has 10 nitrogen and oxygen atoms in total. The van der Waals surface area contributed by atoms with Crippen LogP contribution < -0.4 is 0 Å². The first-order chi connectivity index (χ1) is 17.1. The Labute approximate surface area is 209 Å². The van der Waals surface area contributed by atoms with E-state index in [1.807, 2.05) is 13.8 Å². The third-order valence-corrected chi connectivity index (χ3v) is 4.22. The fourth-order valence-corrected chi connectivity index (χ4v) is 2.47. The normalized spacial score (nSPS) is 9.42. The Bertz CT molecular complexity index is 935. The average molecular weight is 505 g/mol. The molecule has 0 aliphatic heterocycles. The molecule has 0 spiro atoms. The van der Waals surface area contributed by atoms with Gasteiger partial charge < -0.3 is 24.8 Å². The van der Waals surface area contributed by atoms with Crippen LogP contribution in [-0.4, -0.2) is 58.4 Å². The molecule has 2 aromatic rings. The molecule has 0 saturated carbocycles. The number of carbonyl (C=O) groups is 5. The average Bonchev–Trinajstić information content (AvgIpc) is 2.84. The number of carboxylic acids is 3. The van der Waals surface area contributed by atoms with Crippen LogP contribution in [0.2, 0.25) is 0 Å². The topological polar surface area (TPSA) is 164 Å². The molecule has 0 aliphatic rings. The summed E-state index contributed by atoms with van der Waals surface area (Å²) in [7, 11) is 0. The minimum Gasteiger partial charge on any atom is -0.481 e. The second-order valence-corrected chi connectivity index (χ2v) is 7.20. The number of ether oxygens (including phenoxy) is 2. The van der Waals surface area contributed by atoms with Gasteiger partial charge in [0.1, 0.15) is 0 Å². The van der Waals surface area contributed by atoms with Crippen molar-refractivity contribution >= 4 is 29.8 Å². The summed E-state index contributed by atoms with van der Waals surface area (Å²) in [6.45, 7) is 5.86. The van der Waals surface area contributed by atoms with Crippen molar-refractivity contribution in [3.8, 4) is 0 Å². The molecule has 10 heteroatoms. The number of hydrogen-bond acceptors (Lipinski definition) is 7. The fraction of sp³-hybridized carbons (Fsp3) is 0.346. The van der Waals surface area contributed by atoms with Gasteiger partial charge in [-0.3, -0.25) is 4.79 Å². The first-order valence-electron chi connectivity index (χ1n) is 11.2. The van der Waals surface area contributed by atoms with E-state index in [9.17, 15) is 19.2 Å². The molecular weight excluding hydrogens is 472 g/mol. The molecule has 0 atom stereocenters. The number of aliphatic carboxylic acids is 1. The molecule has 36 heavy (non-hydrogen) atoms. The Morgan fingerprint density at radius 2 is 0.889 bits per heavy atom. The van der Waals surface area contributed by atoms with Gasteiger partial charge in [0.15, 0.2) is 0 Å². The number of esters is 2. The molecule has 2 rings (SSSR count). The number of carbonyl (C=O) groups excluding carboxylic acids is 2. The van der Waals surface area contributed by atoms with E-state index in [1.165, 1.54) is 24.3 Å². The summed E-state index contributed by atoms with van der Waals surface area (Å²) >= 11 is 0. The predicted octanol–water partition coefficient (Wildman–Crippen LogP) is 4.77. The number of unbranched alkanes of at least 4 members (excludes halogenated alkanes) is 2. The highest BCUT2D eigenvalue weighted by Gasteiger charge is 2.18. The maximum atomic E-state index is 11.9. The lowest BCUT2D eigenvalue weighted by atomic mass is 10.1. The lowest BCUT2D eigenvalue weighted by molar-refractivity contribution is -0.134. The van der Waals surface area contributed by atoms with Crippen LogP contribution in [0.4, 0.5) is 0 Å². The second-order valence-electron chi connectivity index (χ2n) is 7.20. The van der Waals surface area contributed by atoms with E-state index in [0.717, 1.165) is 32.6 Å². The minimum absolute atomic E-state index is 0.190. The van der Waals surface area contributed by atoms with Gasteiger partial charge in [0.2, 0.25) is 0 Å². The third-order valence-electron chi connectivity index (χ3n) is 4.22. The Morgan fingerprint density at radius 3 is 1.14 bits per heavy atom. The molecule has 0 bridgehead atoms. The van der Waals surface area contributed by atoms with Gasteiger partial charge in [0.25, 0.3) is 5.97 Å². The SMILES string of the molecule is CC(=O)O.CCCCOC(=O)c1ccccc1C(=O)OCCCC.O=C(O)c1ccccc1C(=O)O. The first-order valence-corrected chi connectivity index (χ1v) is 11.2. The summed E-state index contributed by atoms with van der Waals surface area (Å²) in [4.78, 5) is 53.8. The van der Waals surface area contributed by atoms with Crippen LogP contribution >= 0.6 is 0 Å². The van der Waals surface area contributed by atoms with Crippen LogP contribution in [0.1, 0.15) is 87.9 Å². The van der Waals surface area contributed by atoms with E-state index in [2.05, 4.69) is 0 Å². The van der Waals surface area contributed by atoms with Crippen molar-refractivity contribution in [1.29, 1.82) is 0 Å². The predicted molar refractivity (Wildman–Crippen MR) is 130 cm³/mol. The van der Waals surface area contributed by atoms with Crippen LogP contribution in [0.15, 0.2) is 48.5 Å².